The standard InChI is InChI=1S/C16H26N2O2S/c1-11(2)18-6-7-20-13(9-18)12(19)8-15-17-14(10-21-15)16(3,4)5/h10-11,13H,6-9H2,1-5H3. The van der Waals surface area contributed by atoms with Crippen LogP contribution in [0, 0.1) is 0 Å². The Morgan fingerprint density at radius 2 is 2.24 bits per heavy atom. The lowest BCUT2D eigenvalue weighted by atomic mass is 9.93. The molecule has 0 spiro atoms. The molecule has 0 bridgehead atoms. The molecular weight excluding hydrogens is 284 g/mol. The van der Waals surface area contributed by atoms with E-state index in [1.807, 2.05) is 0 Å². The first-order valence-electron chi connectivity index (χ1n) is 7.60. The molecule has 0 aromatic carbocycles. The van der Waals surface area contributed by atoms with Crippen LogP contribution in [0.25, 0.3) is 0 Å². The van der Waals surface area contributed by atoms with Crippen molar-refractivity contribution in [3.05, 3.63) is 16.1 Å². The third-order valence-electron chi connectivity index (χ3n) is 3.83. The van der Waals surface area contributed by atoms with Crippen molar-refractivity contribution in [2.45, 2.75) is 58.6 Å². The van der Waals surface area contributed by atoms with Gasteiger partial charge in [0.15, 0.2) is 5.78 Å². The molecule has 4 nitrogen and oxygen atoms in total. The molecule has 1 aromatic heterocycles. The van der Waals surface area contributed by atoms with Gasteiger partial charge in [-0.2, -0.15) is 0 Å². The van der Waals surface area contributed by atoms with Crippen molar-refractivity contribution in [3.63, 3.8) is 0 Å². The van der Waals surface area contributed by atoms with E-state index in [0.29, 0.717) is 25.6 Å². The highest BCUT2D eigenvalue weighted by Gasteiger charge is 2.28. The quantitative estimate of drug-likeness (QED) is 0.857. The topological polar surface area (TPSA) is 42.4 Å². The summed E-state index contributed by atoms with van der Waals surface area (Å²) in [6, 6.07) is 0.455. The van der Waals surface area contributed by atoms with E-state index in [4.69, 9.17) is 4.74 Å². The van der Waals surface area contributed by atoms with E-state index in [-0.39, 0.29) is 17.3 Å². The first-order valence-corrected chi connectivity index (χ1v) is 8.48. The second kappa shape index (κ2) is 6.55. The van der Waals surface area contributed by atoms with E-state index in [1.54, 1.807) is 11.3 Å². The van der Waals surface area contributed by atoms with Crippen molar-refractivity contribution in [1.29, 1.82) is 0 Å². The Hall–Kier alpha value is -0.780. The van der Waals surface area contributed by atoms with Crippen LogP contribution >= 0.6 is 11.3 Å². The van der Waals surface area contributed by atoms with E-state index in [0.717, 1.165) is 17.2 Å². The second-order valence-electron chi connectivity index (χ2n) is 6.97. The number of carbonyl (C=O) groups excluding carboxylic acids is 1. The van der Waals surface area contributed by atoms with E-state index < -0.39 is 0 Å². The Kier molecular flexibility index (Phi) is 5.17. The Bertz CT molecular complexity index is 491. The highest BCUT2D eigenvalue weighted by Crippen LogP contribution is 2.24. The van der Waals surface area contributed by atoms with Crippen molar-refractivity contribution >= 4 is 17.1 Å². The van der Waals surface area contributed by atoms with Gasteiger partial charge < -0.3 is 4.74 Å². The summed E-state index contributed by atoms with van der Waals surface area (Å²) in [4.78, 5) is 19.3. The van der Waals surface area contributed by atoms with Crippen LogP contribution in [0.3, 0.4) is 0 Å². The first kappa shape index (κ1) is 16.6. The summed E-state index contributed by atoms with van der Waals surface area (Å²) in [6.07, 6.45) is 0.0836. The molecule has 118 valence electrons. The molecule has 1 aliphatic heterocycles. The van der Waals surface area contributed by atoms with E-state index in [9.17, 15) is 4.79 Å². The number of ketones is 1. The molecule has 0 radical (unpaired) electrons. The monoisotopic (exact) mass is 310 g/mol. The highest BCUT2D eigenvalue weighted by molar-refractivity contribution is 7.09. The predicted molar refractivity (Wildman–Crippen MR) is 86.0 cm³/mol. The summed E-state index contributed by atoms with van der Waals surface area (Å²) in [7, 11) is 0. The zero-order chi connectivity index (χ0) is 15.6. The maximum Gasteiger partial charge on any atom is 0.169 e. The van der Waals surface area contributed by atoms with E-state index in [2.05, 4.69) is 49.9 Å². The molecule has 1 aromatic rings. The molecule has 1 fully saturated rings. The van der Waals surface area contributed by atoms with Gasteiger partial charge in [-0.1, -0.05) is 20.8 Å². The fourth-order valence-corrected chi connectivity index (χ4v) is 3.36. The van der Waals surface area contributed by atoms with Gasteiger partial charge in [-0.25, -0.2) is 4.98 Å². The molecule has 0 aliphatic carbocycles. The van der Waals surface area contributed by atoms with Crippen LogP contribution < -0.4 is 0 Å². The average molecular weight is 310 g/mol. The average Bonchev–Trinajstić information content (AvgIpc) is 2.87. The second-order valence-corrected chi connectivity index (χ2v) is 7.91. The molecule has 2 heterocycles. The number of thiazole rings is 1. The van der Waals surface area contributed by atoms with Crippen LogP contribution in [0.4, 0.5) is 0 Å². The molecule has 5 heteroatoms. The zero-order valence-electron chi connectivity index (χ0n) is 13.7. The number of rotatable bonds is 4. The van der Waals surface area contributed by atoms with Crippen molar-refractivity contribution in [2.24, 2.45) is 0 Å². The van der Waals surface area contributed by atoms with Crippen LogP contribution in [0.15, 0.2) is 5.38 Å². The third kappa shape index (κ3) is 4.34. The maximum absolute atomic E-state index is 12.4. The summed E-state index contributed by atoms with van der Waals surface area (Å²) in [5.41, 5.74) is 1.09. The molecule has 21 heavy (non-hydrogen) atoms. The number of hydrogen-bond donors (Lipinski definition) is 0. The van der Waals surface area contributed by atoms with Crippen LogP contribution in [0.1, 0.15) is 45.3 Å². The fourth-order valence-electron chi connectivity index (χ4n) is 2.33. The molecule has 1 atom stereocenters. The number of Topliss-reactive ketones (excluding diaryl/α,β-unsaturated/α-hetero) is 1. The van der Waals surface area contributed by atoms with Gasteiger partial charge in [0.05, 0.1) is 18.7 Å². The number of aromatic nitrogens is 1. The van der Waals surface area contributed by atoms with Crippen LogP contribution in [0.5, 0.6) is 0 Å². The zero-order valence-corrected chi connectivity index (χ0v) is 14.5. The van der Waals surface area contributed by atoms with E-state index in [1.165, 1.54) is 0 Å². The molecule has 0 saturated carbocycles. The van der Waals surface area contributed by atoms with Crippen molar-refractivity contribution in [1.82, 2.24) is 9.88 Å². The van der Waals surface area contributed by atoms with Crippen molar-refractivity contribution in [3.8, 4) is 0 Å². The number of hydrogen-bond acceptors (Lipinski definition) is 5. The van der Waals surface area contributed by atoms with Gasteiger partial charge in [0.1, 0.15) is 11.1 Å². The highest BCUT2D eigenvalue weighted by atomic mass is 32.1. The summed E-state index contributed by atoms with van der Waals surface area (Å²) >= 11 is 1.57. The molecular formula is C16H26N2O2S. The Balaban J connectivity index is 1.96. The van der Waals surface area contributed by atoms with Gasteiger partial charge in [0.25, 0.3) is 0 Å². The Labute approximate surface area is 131 Å². The summed E-state index contributed by atoms with van der Waals surface area (Å²) in [5, 5.41) is 2.96. The van der Waals surface area contributed by atoms with E-state index >= 15 is 0 Å². The van der Waals surface area contributed by atoms with Gasteiger partial charge >= 0.3 is 0 Å². The van der Waals surface area contributed by atoms with Crippen molar-refractivity contribution < 1.29 is 9.53 Å². The largest absolute Gasteiger partial charge is 0.368 e. The number of morpholine rings is 1. The predicted octanol–water partition coefficient (Wildman–Crippen LogP) is 2.66. The lowest BCUT2D eigenvalue weighted by Crippen LogP contribution is -2.49. The van der Waals surface area contributed by atoms with Gasteiger partial charge in [-0.3, -0.25) is 9.69 Å². The first-order chi connectivity index (χ1) is 9.77. The summed E-state index contributed by atoms with van der Waals surface area (Å²) < 4.78 is 5.65. The molecule has 1 aliphatic rings. The fraction of sp³-hybridized carbons (Fsp3) is 0.750. The summed E-state index contributed by atoms with van der Waals surface area (Å²) in [6.45, 7) is 13.0. The number of ether oxygens (including phenoxy) is 1. The Morgan fingerprint density at radius 3 is 2.81 bits per heavy atom. The van der Waals surface area contributed by atoms with Crippen molar-refractivity contribution in [2.75, 3.05) is 19.7 Å². The lowest BCUT2D eigenvalue weighted by Gasteiger charge is -2.34. The molecule has 0 N–H and O–H groups in total. The normalized spacial score (nSPS) is 21.0. The Morgan fingerprint density at radius 1 is 1.52 bits per heavy atom. The lowest BCUT2D eigenvalue weighted by molar-refractivity contribution is -0.136. The minimum absolute atomic E-state index is 0.0353. The minimum Gasteiger partial charge on any atom is -0.368 e. The van der Waals surface area contributed by atoms with Crippen LogP contribution in [0.2, 0.25) is 0 Å². The smallest absolute Gasteiger partial charge is 0.169 e. The number of carbonyl (C=O) groups is 1. The van der Waals surface area contributed by atoms with Gasteiger partial charge in [-0.15, -0.1) is 11.3 Å². The molecule has 0 amide bonds. The third-order valence-corrected chi connectivity index (χ3v) is 4.68. The minimum atomic E-state index is -0.303. The van der Waals surface area contributed by atoms with Gasteiger partial charge in [-0.05, 0) is 13.8 Å². The molecule has 1 saturated heterocycles. The maximum atomic E-state index is 12.4. The van der Waals surface area contributed by atoms with Gasteiger partial charge in [0.2, 0.25) is 0 Å². The van der Waals surface area contributed by atoms with Crippen LogP contribution in [-0.2, 0) is 21.4 Å². The van der Waals surface area contributed by atoms with Crippen LogP contribution in [-0.4, -0.2) is 47.5 Å². The SMILES string of the molecule is CC(C)N1CCOC(C(=O)Cc2nc(C(C)(C)C)cs2)C1. The number of nitrogens with zero attached hydrogens (tertiary/aromatic N) is 2. The molecule has 1 unspecified atom stereocenters. The molecule has 2 rings (SSSR count). The summed E-state index contributed by atoms with van der Waals surface area (Å²) in [5.74, 6) is 0.148. The van der Waals surface area contributed by atoms with Gasteiger partial charge in [0, 0.05) is 29.9 Å².